The molecule has 234 valence electrons. The van der Waals surface area contributed by atoms with Crippen LogP contribution in [0.2, 0.25) is 0 Å². The lowest BCUT2D eigenvalue weighted by Gasteiger charge is -2.10. The summed E-state index contributed by atoms with van der Waals surface area (Å²) in [5, 5.41) is 4.33. The van der Waals surface area contributed by atoms with E-state index in [-0.39, 0.29) is 0 Å². The summed E-state index contributed by atoms with van der Waals surface area (Å²) in [4.78, 5) is 15.1. The van der Waals surface area contributed by atoms with Crippen LogP contribution in [-0.4, -0.2) is 19.5 Å². The molecule has 0 radical (unpaired) electrons. The van der Waals surface area contributed by atoms with Crippen molar-refractivity contribution in [1.82, 2.24) is 19.5 Å². The molecule has 0 bridgehead atoms. The SMILES string of the molecule is c1ccc(-c2cccc(-c3nc(-c4ccccc4)nc(-c4ccc5oc6c(ccc7c6c6ccccc6n7-c6ccccc6)c5c4)n3)c2)cc1. The fraction of sp³-hybridized carbons (Fsp3) is 0. The van der Waals surface area contributed by atoms with Crippen molar-refractivity contribution in [2.75, 3.05) is 0 Å². The first-order chi connectivity index (χ1) is 24.8. The van der Waals surface area contributed by atoms with Crippen LogP contribution in [0.5, 0.6) is 0 Å². The van der Waals surface area contributed by atoms with Gasteiger partial charge in [0.2, 0.25) is 0 Å². The Morgan fingerprint density at radius 3 is 1.74 bits per heavy atom. The average Bonchev–Trinajstić information content (AvgIpc) is 3.74. The van der Waals surface area contributed by atoms with Gasteiger partial charge in [-0.1, -0.05) is 115 Å². The topological polar surface area (TPSA) is 56.7 Å². The molecule has 3 heterocycles. The highest BCUT2D eigenvalue weighted by Gasteiger charge is 2.20. The Hall–Kier alpha value is -6.85. The molecule has 0 aliphatic carbocycles. The van der Waals surface area contributed by atoms with Crippen LogP contribution in [0.25, 0.3) is 94.7 Å². The molecule has 50 heavy (non-hydrogen) atoms. The molecular formula is C45H28N4O. The number of rotatable bonds is 5. The number of aromatic nitrogens is 4. The zero-order valence-electron chi connectivity index (χ0n) is 26.9. The molecule has 5 nitrogen and oxygen atoms in total. The molecule has 0 fully saturated rings. The van der Waals surface area contributed by atoms with Gasteiger partial charge in [-0.05, 0) is 65.7 Å². The maximum Gasteiger partial charge on any atom is 0.164 e. The number of fused-ring (bicyclic) bond motifs is 7. The quantitative estimate of drug-likeness (QED) is 0.188. The fourth-order valence-electron chi connectivity index (χ4n) is 7.10. The van der Waals surface area contributed by atoms with Crippen molar-refractivity contribution in [3.8, 4) is 51.0 Å². The van der Waals surface area contributed by atoms with Crippen molar-refractivity contribution in [2.24, 2.45) is 0 Å². The summed E-state index contributed by atoms with van der Waals surface area (Å²) in [5.41, 5.74) is 10.1. The van der Waals surface area contributed by atoms with E-state index in [0.717, 1.165) is 77.2 Å². The second-order valence-electron chi connectivity index (χ2n) is 12.5. The van der Waals surface area contributed by atoms with Crippen molar-refractivity contribution in [3.05, 3.63) is 170 Å². The van der Waals surface area contributed by atoms with Gasteiger partial charge in [0.25, 0.3) is 0 Å². The average molecular weight is 641 g/mol. The van der Waals surface area contributed by atoms with Gasteiger partial charge in [0.05, 0.1) is 16.4 Å². The normalized spacial score (nSPS) is 11.6. The van der Waals surface area contributed by atoms with Crippen LogP contribution in [0.4, 0.5) is 0 Å². The third-order valence-electron chi connectivity index (χ3n) is 9.44. The standard InChI is InChI=1S/C45H28N4O/c1-4-13-29(14-5-1)31-17-12-18-32(27-31)44-46-43(30-15-6-2-7-16-30)47-45(48-44)33-23-26-40-37(28-33)35-24-25-39-41(42(35)50-40)36-21-10-11-22-38(36)49(39)34-19-8-3-9-20-34/h1-28H. The van der Waals surface area contributed by atoms with Crippen LogP contribution in [-0.2, 0) is 0 Å². The Bertz CT molecular complexity index is 2860. The summed E-state index contributed by atoms with van der Waals surface area (Å²) >= 11 is 0. The van der Waals surface area contributed by atoms with Crippen LogP contribution >= 0.6 is 0 Å². The third kappa shape index (κ3) is 4.60. The van der Waals surface area contributed by atoms with Crippen molar-refractivity contribution < 1.29 is 4.42 Å². The molecule has 0 atom stereocenters. The lowest BCUT2D eigenvalue weighted by atomic mass is 10.0. The van der Waals surface area contributed by atoms with Crippen molar-refractivity contribution in [3.63, 3.8) is 0 Å². The van der Waals surface area contributed by atoms with Crippen molar-refractivity contribution >= 4 is 43.7 Å². The van der Waals surface area contributed by atoms with Crippen LogP contribution in [0.3, 0.4) is 0 Å². The Morgan fingerprint density at radius 2 is 0.980 bits per heavy atom. The van der Waals surface area contributed by atoms with Gasteiger partial charge in [0, 0.05) is 38.5 Å². The Morgan fingerprint density at radius 1 is 0.380 bits per heavy atom. The summed E-state index contributed by atoms with van der Waals surface area (Å²) in [5.74, 6) is 1.86. The maximum absolute atomic E-state index is 6.69. The number of hydrogen-bond acceptors (Lipinski definition) is 4. The van der Waals surface area contributed by atoms with E-state index in [1.807, 2.05) is 54.6 Å². The van der Waals surface area contributed by atoms with E-state index in [0.29, 0.717) is 17.5 Å². The predicted molar refractivity (Wildman–Crippen MR) is 203 cm³/mol. The zero-order valence-corrected chi connectivity index (χ0v) is 26.9. The molecule has 3 aromatic heterocycles. The molecule has 0 amide bonds. The lowest BCUT2D eigenvalue weighted by molar-refractivity contribution is 0.673. The number of nitrogens with zero attached hydrogens (tertiary/aromatic N) is 4. The van der Waals surface area contributed by atoms with Crippen molar-refractivity contribution in [1.29, 1.82) is 0 Å². The highest BCUT2D eigenvalue weighted by atomic mass is 16.3. The monoisotopic (exact) mass is 640 g/mol. The summed E-state index contributed by atoms with van der Waals surface area (Å²) in [6.45, 7) is 0. The molecule has 0 saturated heterocycles. The van der Waals surface area contributed by atoms with E-state index in [1.165, 1.54) is 0 Å². The summed E-state index contributed by atoms with van der Waals surface area (Å²) in [6.07, 6.45) is 0. The molecule has 5 heteroatoms. The summed E-state index contributed by atoms with van der Waals surface area (Å²) < 4.78 is 9.00. The maximum atomic E-state index is 6.69. The third-order valence-corrected chi connectivity index (χ3v) is 9.44. The molecule has 7 aromatic carbocycles. The van der Waals surface area contributed by atoms with Gasteiger partial charge in [-0.3, -0.25) is 0 Å². The molecule has 0 unspecified atom stereocenters. The minimum absolute atomic E-state index is 0.608. The van der Waals surface area contributed by atoms with E-state index in [2.05, 4.69) is 120 Å². The van der Waals surface area contributed by atoms with Gasteiger partial charge in [-0.15, -0.1) is 0 Å². The zero-order chi connectivity index (χ0) is 33.0. The largest absolute Gasteiger partial charge is 0.455 e. The van der Waals surface area contributed by atoms with Gasteiger partial charge in [0.15, 0.2) is 17.5 Å². The van der Waals surface area contributed by atoms with Gasteiger partial charge >= 0.3 is 0 Å². The number of benzene rings is 7. The minimum atomic E-state index is 0.608. The first-order valence-electron chi connectivity index (χ1n) is 16.7. The van der Waals surface area contributed by atoms with Gasteiger partial charge in [0.1, 0.15) is 11.2 Å². The van der Waals surface area contributed by atoms with E-state index < -0.39 is 0 Å². The second kappa shape index (κ2) is 11.4. The van der Waals surface area contributed by atoms with Gasteiger partial charge in [-0.2, -0.15) is 0 Å². The Balaban J connectivity index is 1.16. The fourth-order valence-corrected chi connectivity index (χ4v) is 7.10. The smallest absolute Gasteiger partial charge is 0.164 e. The molecule has 0 saturated carbocycles. The van der Waals surface area contributed by atoms with Gasteiger partial charge < -0.3 is 8.98 Å². The van der Waals surface area contributed by atoms with Crippen molar-refractivity contribution in [2.45, 2.75) is 0 Å². The molecule has 10 aromatic rings. The Kier molecular flexibility index (Phi) is 6.42. The highest BCUT2D eigenvalue weighted by Crippen LogP contribution is 2.41. The molecule has 0 spiro atoms. The second-order valence-corrected chi connectivity index (χ2v) is 12.5. The summed E-state index contributed by atoms with van der Waals surface area (Å²) in [7, 11) is 0. The molecule has 0 aliphatic heterocycles. The van der Waals surface area contributed by atoms with Crippen LogP contribution in [0, 0.1) is 0 Å². The Labute approximate surface area is 287 Å². The van der Waals surface area contributed by atoms with E-state index in [4.69, 9.17) is 19.4 Å². The van der Waals surface area contributed by atoms with Crippen LogP contribution < -0.4 is 0 Å². The molecular weight excluding hydrogens is 613 g/mol. The van der Waals surface area contributed by atoms with Crippen LogP contribution in [0.15, 0.2) is 174 Å². The van der Waals surface area contributed by atoms with Gasteiger partial charge in [-0.25, -0.2) is 15.0 Å². The predicted octanol–water partition coefficient (Wildman–Crippen LogP) is 11.5. The van der Waals surface area contributed by atoms with E-state index in [1.54, 1.807) is 0 Å². The number of hydrogen-bond donors (Lipinski definition) is 0. The number of para-hydroxylation sites is 2. The molecule has 10 rings (SSSR count). The lowest BCUT2D eigenvalue weighted by Crippen LogP contribution is -2.00. The molecule has 0 N–H and O–H groups in total. The summed E-state index contributed by atoms with van der Waals surface area (Å²) in [6, 6.07) is 58.5. The number of furan rings is 1. The molecule has 0 aliphatic rings. The highest BCUT2D eigenvalue weighted by molar-refractivity contribution is 6.24. The first kappa shape index (κ1) is 28.2. The van der Waals surface area contributed by atoms with Crippen LogP contribution in [0.1, 0.15) is 0 Å². The van der Waals surface area contributed by atoms with E-state index in [9.17, 15) is 0 Å². The first-order valence-corrected chi connectivity index (χ1v) is 16.7. The van der Waals surface area contributed by atoms with E-state index >= 15 is 0 Å². The minimum Gasteiger partial charge on any atom is -0.455 e.